The molecule has 4 aliphatic heterocycles. The second-order valence-corrected chi connectivity index (χ2v) is 7.97. The van der Waals surface area contributed by atoms with Crippen LogP contribution in [0.2, 0.25) is 0 Å². The molecule has 122 valence electrons. The molecule has 4 aliphatic rings. The molecule has 2 bridgehead atoms. The summed E-state index contributed by atoms with van der Waals surface area (Å²) in [6, 6.07) is 0. The molecule has 7 heteroatoms. The molecule has 0 aromatic carbocycles. The summed E-state index contributed by atoms with van der Waals surface area (Å²) in [5, 5.41) is 0. The number of thioether (sulfide) groups is 1. The number of fused-ring (bicyclic) bond motifs is 1. The van der Waals surface area contributed by atoms with Crippen LogP contribution in [0.25, 0.3) is 0 Å². The standard InChI is InChI=1S/C15H23N3O3S/c16-3-4-18-9-15-2-1-10(21-15)11(12(15)14(18)20)13(19)17-5-7-22-8-6-17/h10-12H,1-9,16H2. The molecule has 4 rings (SSSR count). The molecule has 1 spiro atoms. The van der Waals surface area contributed by atoms with Crippen molar-refractivity contribution in [1.29, 1.82) is 0 Å². The van der Waals surface area contributed by atoms with Crippen molar-refractivity contribution in [2.45, 2.75) is 24.5 Å². The van der Waals surface area contributed by atoms with Gasteiger partial charge < -0.3 is 20.3 Å². The van der Waals surface area contributed by atoms with Crippen molar-refractivity contribution < 1.29 is 14.3 Å². The first-order valence-corrected chi connectivity index (χ1v) is 9.35. The van der Waals surface area contributed by atoms with E-state index in [0.29, 0.717) is 19.6 Å². The smallest absolute Gasteiger partial charge is 0.229 e. The van der Waals surface area contributed by atoms with Gasteiger partial charge in [0.1, 0.15) is 0 Å². The third-order valence-corrected chi connectivity index (χ3v) is 6.55. The third kappa shape index (κ3) is 2.02. The van der Waals surface area contributed by atoms with Gasteiger partial charge in [-0.2, -0.15) is 11.8 Å². The van der Waals surface area contributed by atoms with Gasteiger partial charge in [0.15, 0.2) is 0 Å². The van der Waals surface area contributed by atoms with Crippen LogP contribution in [0.5, 0.6) is 0 Å². The van der Waals surface area contributed by atoms with Crippen LogP contribution in [0.15, 0.2) is 0 Å². The van der Waals surface area contributed by atoms with Crippen LogP contribution in [0.1, 0.15) is 12.8 Å². The number of amides is 2. The Morgan fingerprint density at radius 3 is 2.91 bits per heavy atom. The number of nitrogens with zero attached hydrogens (tertiary/aromatic N) is 2. The molecule has 4 saturated heterocycles. The fourth-order valence-electron chi connectivity index (χ4n) is 4.66. The molecule has 2 amide bonds. The van der Waals surface area contributed by atoms with Gasteiger partial charge in [-0.15, -0.1) is 0 Å². The number of hydrogen-bond acceptors (Lipinski definition) is 5. The number of rotatable bonds is 3. The second-order valence-electron chi connectivity index (χ2n) is 6.75. The summed E-state index contributed by atoms with van der Waals surface area (Å²) < 4.78 is 6.20. The summed E-state index contributed by atoms with van der Waals surface area (Å²) in [7, 11) is 0. The zero-order chi connectivity index (χ0) is 15.3. The lowest BCUT2D eigenvalue weighted by Gasteiger charge is -2.33. The zero-order valence-electron chi connectivity index (χ0n) is 12.7. The van der Waals surface area contributed by atoms with Gasteiger partial charge in [-0.1, -0.05) is 0 Å². The van der Waals surface area contributed by atoms with Crippen LogP contribution < -0.4 is 5.73 Å². The van der Waals surface area contributed by atoms with Crippen molar-refractivity contribution in [3.63, 3.8) is 0 Å². The lowest BCUT2D eigenvalue weighted by molar-refractivity contribution is -0.143. The van der Waals surface area contributed by atoms with Crippen LogP contribution in [0, 0.1) is 11.8 Å². The minimum Gasteiger partial charge on any atom is -0.368 e. The molecule has 0 aliphatic carbocycles. The first-order chi connectivity index (χ1) is 10.7. The zero-order valence-corrected chi connectivity index (χ0v) is 13.5. The lowest BCUT2D eigenvalue weighted by Crippen LogP contribution is -2.49. The highest BCUT2D eigenvalue weighted by molar-refractivity contribution is 7.99. The van der Waals surface area contributed by atoms with E-state index in [0.717, 1.165) is 37.4 Å². The molecule has 4 heterocycles. The molecule has 4 unspecified atom stereocenters. The van der Waals surface area contributed by atoms with Crippen molar-refractivity contribution in [3.8, 4) is 0 Å². The summed E-state index contributed by atoms with van der Waals surface area (Å²) in [6.45, 7) is 3.23. The number of carbonyl (C=O) groups is 2. The summed E-state index contributed by atoms with van der Waals surface area (Å²) in [5.41, 5.74) is 5.20. The molecule has 4 atom stereocenters. The molecule has 6 nitrogen and oxygen atoms in total. The average Bonchev–Trinajstić information content (AvgIpc) is 3.17. The van der Waals surface area contributed by atoms with Crippen LogP contribution in [-0.4, -0.2) is 77.5 Å². The molecular weight excluding hydrogens is 302 g/mol. The second kappa shape index (κ2) is 5.39. The van der Waals surface area contributed by atoms with E-state index in [1.807, 2.05) is 16.7 Å². The Kier molecular flexibility index (Phi) is 3.62. The number of ether oxygens (including phenoxy) is 1. The van der Waals surface area contributed by atoms with E-state index >= 15 is 0 Å². The maximum absolute atomic E-state index is 13.0. The Labute approximate surface area is 134 Å². The van der Waals surface area contributed by atoms with Crippen molar-refractivity contribution in [3.05, 3.63) is 0 Å². The molecule has 22 heavy (non-hydrogen) atoms. The molecule has 2 N–H and O–H groups in total. The Balaban J connectivity index is 1.58. The van der Waals surface area contributed by atoms with Gasteiger partial charge in [0.2, 0.25) is 11.8 Å². The third-order valence-electron chi connectivity index (χ3n) is 5.61. The summed E-state index contributed by atoms with van der Waals surface area (Å²) in [6.07, 6.45) is 1.74. The Morgan fingerprint density at radius 2 is 2.18 bits per heavy atom. The fraction of sp³-hybridized carbons (Fsp3) is 0.867. The average molecular weight is 325 g/mol. The van der Waals surface area contributed by atoms with Gasteiger partial charge in [0.25, 0.3) is 0 Å². The maximum atomic E-state index is 13.0. The minimum atomic E-state index is -0.415. The molecule has 0 aromatic rings. The predicted molar refractivity (Wildman–Crippen MR) is 83.4 cm³/mol. The van der Waals surface area contributed by atoms with E-state index in [2.05, 4.69) is 0 Å². The van der Waals surface area contributed by atoms with E-state index in [4.69, 9.17) is 10.5 Å². The highest BCUT2D eigenvalue weighted by Gasteiger charge is 2.69. The van der Waals surface area contributed by atoms with Crippen LogP contribution in [0.4, 0.5) is 0 Å². The topological polar surface area (TPSA) is 75.9 Å². The van der Waals surface area contributed by atoms with Gasteiger partial charge in [0, 0.05) is 37.7 Å². The molecule has 0 saturated carbocycles. The summed E-state index contributed by atoms with van der Waals surface area (Å²) in [4.78, 5) is 29.5. The van der Waals surface area contributed by atoms with E-state index < -0.39 is 5.60 Å². The Bertz CT molecular complexity index is 496. The van der Waals surface area contributed by atoms with Crippen LogP contribution in [-0.2, 0) is 14.3 Å². The van der Waals surface area contributed by atoms with Crippen LogP contribution in [0.3, 0.4) is 0 Å². The summed E-state index contributed by atoms with van der Waals surface area (Å²) >= 11 is 1.89. The molecule has 4 fully saturated rings. The van der Waals surface area contributed by atoms with Crippen molar-refractivity contribution >= 4 is 23.6 Å². The number of likely N-dealkylation sites (tertiary alicyclic amines) is 1. The van der Waals surface area contributed by atoms with E-state index in [9.17, 15) is 9.59 Å². The first kappa shape index (κ1) is 14.8. The van der Waals surface area contributed by atoms with Gasteiger partial charge in [-0.05, 0) is 12.8 Å². The maximum Gasteiger partial charge on any atom is 0.229 e. The molecule has 0 aromatic heterocycles. The molecule has 0 radical (unpaired) electrons. The Hall–Kier alpha value is -0.790. The minimum absolute atomic E-state index is 0.0592. The van der Waals surface area contributed by atoms with Crippen molar-refractivity contribution in [2.75, 3.05) is 44.2 Å². The van der Waals surface area contributed by atoms with E-state index in [1.54, 1.807) is 4.90 Å². The monoisotopic (exact) mass is 325 g/mol. The van der Waals surface area contributed by atoms with Gasteiger partial charge in [-0.25, -0.2) is 0 Å². The highest BCUT2D eigenvalue weighted by atomic mass is 32.2. The highest BCUT2D eigenvalue weighted by Crippen LogP contribution is 2.55. The number of carbonyl (C=O) groups excluding carboxylic acids is 2. The molecular formula is C15H23N3O3S. The van der Waals surface area contributed by atoms with Crippen molar-refractivity contribution in [2.24, 2.45) is 17.6 Å². The number of nitrogens with two attached hydrogens (primary N) is 1. The number of hydrogen-bond donors (Lipinski definition) is 1. The lowest BCUT2D eigenvalue weighted by atomic mass is 9.72. The fourth-order valence-corrected chi connectivity index (χ4v) is 5.56. The van der Waals surface area contributed by atoms with Crippen LogP contribution >= 0.6 is 11.8 Å². The van der Waals surface area contributed by atoms with Gasteiger partial charge in [-0.3, -0.25) is 9.59 Å². The van der Waals surface area contributed by atoms with E-state index in [-0.39, 0.29) is 29.8 Å². The largest absolute Gasteiger partial charge is 0.368 e. The van der Waals surface area contributed by atoms with Gasteiger partial charge >= 0.3 is 0 Å². The Morgan fingerprint density at radius 1 is 1.41 bits per heavy atom. The van der Waals surface area contributed by atoms with Crippen molar-refractivity contribution in [1.82, 2.24) is 9.80 Å². The predicted octanol–water partition coefficient (Wildman–Crippen LogP) is -0.473. The normalized spacial score (nSPS) is 40.4. The summed E-state index contributed by atoms with van der Waals surface area (Å²) in [5.74, 6) is 1.66. The SMILES string of the molecule is NCCN1CC23CCC(O2)C(C(=O)N2CCSCC2)C3C1=O. The van der Waals surface area contributed by atoms with Gasteiger partial charge in [0.05, 0.1) is 30.1 Å². The first-order valence-electron chi connectivity index (χ1n) is 8.19. The quantitative estimate of drug-likeness (QED) is 0.759. The van der Waals surface area contributed by atoms with E-state index in [1.165, 1.54) is 0 Å².